The van der Waals surface area contributed by atoms with Gasteiger partial charge in [0.2, 0.25) is 5.75 Å². The molecule has 0 saturated heterocycles. The van der Waals surface area contributed by atoms with Crippen LogP contribution in [-0.2, 0) is 0 Å². The van der Waals surface area contributed by atoms with Crippen molar-refractivity contribution < 1.29 is 14.2 Å². The number of halogens is 2. The summed E-state index contributed by atoms with van der Waals surface area (Å²) in [6.07, 6.45) is 5.48. The van der Waals surface area contributed by atoms with Gasteiger partial charge in [0.1, 0.15) is 0 Å². The van der Waals surface area contributed by atoms with Crippen molar-refractivity contribution in [1.82, 2.24) is 0 Å². The Morgan fingerprint density at radius 3 is 2.33 bits per heavy atom. The van der Waals surface area contributed by atoms with Gasteiger partial charge in [-0.15, -0.1) is 0 Å². The number of nitrogens with one attached hydrogen (secondary N) is 1. The number of benzene rings is 2. The quantitative estimate of drug-likeness (QED) is 0.647. The Bertz CT molecular complexity index is 888. The van der Waals surface area contributed by atoms with Crippen molar-refractivity contribution in [3.05, 3.63) is 57.6 Å². The number of hydrogen-bond donors (Lipinski definition) is 1. The molecule has 0 aromatic heterocycles. The van der Waals surface area contributed by atoms with Gasteiger partial charge < -0.3 is 19.5 Å². The Labute approximate surface area is 169 Å². The Morgan fingerprint density at radius 1 is 1.00 bits per heavy atom. The van der Waals surface area contributed by atoms with Crippen molar-refractivity contribution in [2.45, 2.75) is 18.4 Å². The van der Waals surface area contributed by atoms with Crippen LogP contribution in [0.2, 0.25) is 10.0 Å². The lowest BCUT2D eigenvalue weighted by atomic mass is 9.77. The highest BCUT2D eigenvalue weighted by atomic mass is 35.5. The number of ether oxygens (including phenoxy) is 3. The molecule has 2 aliphatic rings. The summed E-state index contributed by atoms with van der Waals surface area (Å²) in [5, 5.41) is 4.73. The molecule has 0 fully saturated rings. The van der Waals surface area contributed by atoms with Gasteiger partial charge in [0.05, 0.1) is 43.1 Å². The monoisotopic (exact) mass is 405 g/mol. The summed E-state index contributed by atoms with van der Waals surface area (Å²) in [6.45, 7) is 0. The first-order valence-electron chi connectivity index (χ1n) is 8.80. The zero-order valence-corrected chi connectivity index (χ0v) is 16.9. The van der Waals surface area contributed by atoms with Gasteiger partial charge in [-0.05, 0) is 41.7 Å². The van der Waals surface area contributed by atoms with Gasteiger partial charge >= 0.3 is 0 Å². The second kappa shape index (κ2) is 7.17. The summed E-state index contributed by atoms with van der Waals surface area (Å²) in [5.74, 6) is 2.53. The molecule has 2 aromatic rings. The number of hydrogen-bond acceptors (Lipinski definition) is 4. The zero-order chi connectivity index (χ0) is 19.1. The van der Waals surface area contributed by atoms with Crippen molar-refractivity contribution in [2.24, 2.45) is 5.92 Å². The van der Waals surface area contributed by atoms with Crippen LogP contribution in [0.1, 0.15) is 29.5 Å². The van der Waals surface area contributed by atoms with Crippen LogP contribution in [0.15, 0.2) is 36.4 Å². The van der Waals surface area contributed by atoms with Crippen LogP contribution >= 0.6 is 23.2 Å². The van der Waals surface area contributed by atoms with Crippen LogP contribution in [0.4, 0.5) is 5.69 Å². The predicted octanol–water partition coefficient (Wildman–Crippen LogP) is 5.85. The lowest BCUT2D eigenvalue weighted by Gasteiger charge is -2.38. The standard InChI is InChI=1S/C21H21Cl2NO3/c1-25-16-9-11(10-17(26-2)21(16)27-3)19-13-6-4-5-12(13)14-7-8-15(22)18(23)20(14)24-19/h4-5,7-10,12-13,19,24H,6H2,1-3H3/t12-,13-,19-/m0/s1. The fraction of sp³-hybridized carbons (Fsp3) is 0.333. The molecule has 1 aliphatic heterocycles. The van der Waals surface area contributed by atoms with E-state index in [1.165, 1.54) is 5.56 Å². The number of fused-ring (bicyclic) bond motifs is 3. The first-order valence-corrected chi connectivity index (χ1v) is 9.55. The molecule has 142 valence electrons. The molecular formula is C21H21Cl2NO3. The van der Waals surface area contributed by atoms with E-state index in [2.05, 4.69) is 23.5 Å². The van der Waals surface area contributed by atoms with Gasteiger partial charge in [0.25, 0.3) is 0 Å². The molecule has 0 unspecified atom stereocenters. The van der Waals surface area contributed by atoms with Crippen molar-refractivity contribution in [1.29, 1.82) is 0 Å². The summed E-state index contributed by atoms with van der Waals surface area (Å²) in [6, 6.07) is 7.97. The van der Waals surface area contributed by atoms with Crippen LogP contribution in [0, 0.1) is 5.92 Å². The molecule has 27 heavy (non-hydrogen) atoms. The minimum Gasteiger partial charge on any atom is -0.493 e. The molecule has 0 bridgehead atoms. The Balaban J connectivity index is 1.84. The highest BCUT2D eigenvalue weighted by Gasteiger charge is 2.39. The van der Waals surface area contributed by atoms with Crippen LogP contribution in [0.25, 0.3) is 0 Å². The highest BCUT2D eigenvalue weighted by molar-refractivity contribution is 6.43. The normalized spacial score (nSPS) is 22.6. The van der Waals surface area contributed by atoms with E-state index in [1.54, 1.807) is 21.3 Å². The molecule has 0 saturated carbocycles. The summed E-state index contributed by atoms with van der Waals surface area (Å²) in [7, 11) is 4.86. The minimum absolute atomic E-state index is 0.0437. The van der Waals surface area contributed by atoms with E-state index in [4.69, 9.17) is 37.4 Å². The molecule has 0 spiro atoms. The summed E-state index contributed by atoms with van der Waals surface area (Å²) in [5.41, 5.74) is 3.15. The molecule has 0 amide bonds. The minimum atomic E-state index is 0.0437. The molecular weight excluding hydrogens is 385 g/mol. The molecule has 4 nitrogen and oxygen atoms in total. The Kier molecular flexibility index (Phi) is 4.87. The predicted molar refractivity (Wildman–Crippen MR) is 109 cm³/mol. The fourth-order valence-electron chi connectivity index (χ4n) is 4.21. The molecule has 4 rings (SSSR count). The van der Waals surface area contributed by atoms with E-state index in [9.17, 15) is 0 Å². The largest absolute Gasteiger partial charge is 0.493 e. The topological polar surface area (TPSA) is 39.7 Å². The molecule has 1 heterocycles. The average Bonchev–Trinajstić information content (AvgIpc) is 3.18. The molecule has 2 aromatic carbocycles. The maximum absolute atomic E-state index is 6.53. The second-order valence-corrected chi connectivity index (χ2v) is 7.54. The Hall–Kier alpha value is -2.04. The number of anilines is 1. The van der Waals surface area contributed by atoms with Gasteiger partial charge in [-0.3, -0.25) is 0 Å². The van der Waals surface area contributed by atoms with Gasteiger partial charge in [0.15, 0.2) is 11.5 Å². The number of allylic oxidation sites excluding steroid dienone is 2. The van der Waals surface area contributed by atoms with E-state index in [-0.39, 0.29) is 6.04 Å². The van der Waals surface area contributed by atoms with Gasteiger partial charge in [-0.25, -0.2) is 0 Å². The summed E-state index contributed by atoms with van der Waals surface area (Å²) >= 11 is 12.8. The molecule has 6 heteroatoms. The Morgan fingerprint density at radius 2 is 1.70 bits per heavy atom. The average molecular weight is 406 g/mol. The first kappa shape index (κ1) is 18.3. The molecule has 1 aliphatic carbocycles. The van der Waals surface area contributed by atoms with Crippen LogP contribution < -0.4 is 19.5 Å². The third kappa shape index (κ3) is 2.91. The van der Waals surface area contributed by atoms with E-state index in [0.29, 0.717) is 39.1 Å². The third-order valence-electron chi connectivity index (χ3n) is 5.47. The van der Waals surface area contributed by atoms with Gasteiger partial charge in [-0.1, -0.05) is 41.4 Å². The van der Waals surface area contributed by atoms with Crippen molar-refractivity contribution >= 4 is 28.9 Å². The third-order valence-corrected chi connectivity index (χ3v) is 6.28. The molecule has 0 radical (unpaired) electrons. The highest BCUT2D eigenvalue weighted by Crippen LogP contribution is 2.53. The van der Waals surface area contributed by atoms with E-state index >= 15 is 0 Å². The van der Waals surface area contributed by atoms with E-state index < -0.39 is 0 Å². The smallest absolute Gasteiger partial charge is 0.203 e. The SMILES string of the molecule is COc1cc([C@@H]2Nc3c(ccc(Cl)c3Cl)[C@H]3C=CC[C@@H]32)cc(OC)c1OC. The van der Waals surface area contributed by atoms with Crippen LogP contribution in [0.3, 0.4) is 0 Å². The van der Waals surface area contributed by atoms with Crippen molar-refractivity contribution in [2.75, 3.05) is 26.6 Å². The van der Waals surface area contributed by atoms with Crippen LogP contribution in [-0.4, -0.2) is 21.3 Å². The number of rotatable bonds is 4. The van der Waals surface area contributed by atoms with Gasteiger partial charge in [0, 0.05) is 5.92 Å². The maximum Gasteiger partial charge on any atom is 0.203 e. The number of methoxy groups -OCH3 is 3. The molecule has 1 N–H and O–H groups in total. The zero-order valence-electron chi connectivity index (χ0n) is 15.4. The summed E-state index contributed by atoms with van der Waals surface area (Å²) in [4.78, 5) is 0. The van der Waals surface area contributed by atoms with Gasteiger partial charge in [-0.2, -0.15) is 0 Å². The molecule has 3 atom stereocenters. The summed E-state index contributed by atoms with van der Waals surface area (Å²) < 4.78 is 16.5. The van der Waals surface area contributed by atoms with Crippen molar-refractivity contribution in [3.8, 4) is 17.2 Å². The lowest BCUT2D eigenvalue weighted by Crippen LogP contribution is -2.29. The van der Waals surface area contributed by atoms with Crippen molar-refractivity contribution in [3.63, 3.8) is 0 Å². The van der Waals surface area contributed by atoms with Crippen LogP contribution in [0.5, 0.6) is 17.2 Å². The fourth-order valence-corrected chi connectivity index (χ4v) is 4.60. The van der Waals surface area contributed by atoms with E-state index in [1.807, 2.05) is 18.2 Å². The first-order chi connectivity index (χ1) is 13.1. The lowest BCUT2D eigenvalue weighted by molar-refractivity contribution is 0.322. The second-order valence-electron chi connectivity index (χ2n) is 6.76. The van der Waals surface area contributed by atoms with E-state index in [0.717, 1.165) is 17.7 Å². The maximum atomic E-state index is 6.53.